The van der Waals surface area contributed by atoms with Crippen molar-refractivity contribution in [2.45, 2.75) is 37.9 Å². The molecule has 2 amide bonds. The topological polar surface area (TPSA) is 76.5 Å². The lowest BCUT2D eigenvalue weighted by Crippen LogP contribution is -2.46. The fourth-order valence-electron chi connectivity index (χ4n) is 3.68. The minimum Gasteiger partial charge on any atom is -0.381 e. The predicted molar refractivity (Wildman–Crippen MR) is 91.8 cm³/mol. The molecule has 1 aromatic carbocycles. The third kappa shape index (κ3) is 3.37. The van der Waals surface area contributed by atoms with E-state index >= 15 is 0 Å². The van der Waals surface area contributed by atoms with Gasteiger partial charge in [0, 0.05) is 37.4 Å². The van der Waals surface area contributed by atoms with Crippen molar-refractivity contribution in [2.75, 3.05) is 19.8 Å². The van der Waals surface area contributed by atoms with Crippen LogP contribution in [-0.4, -0.2) is 58.3 Å². The molecule has 0 bridgehead atoms. The van der Waals surface area contributed by atoms with Gasteiger partial charge in [-0.05, 0) is 25.3 Å². The molecule has 1 unspecified atom stereocenters. The first kappa shape index (κ1) is 16.1. The van der Waals surface area contributed by atoms with Crippen LogP contribution < -0.4 is 5.32 Å². The molecule has 2 fully saturated rings. The highest BCUT2D eigenvalue weighted by Crippen LogP contribution is 2.21. The molecule has 2 aliphatic rings. The normalized spacial score (nSPS) is 21.8. The van der Waals surface area contributed by atoms with E-state index in [9.17, 15) is 9.59 Å². The van der Waals surface area contributed by atoms with Gasteiger partial charge in [0.25, 0.3) is 0 Å². The predicted octanol–water partition coefficient (Wildman–Crippen LogP) is 0.932. The molecule has 2 aromatic rings. The Bertz CT molecular complexity index is 748. The maximum Gasteiger partial charge on any atom is 0.245 e. The quantitative estimate of drug-likeness (QED) is 0.897. The van der Waals surface area contributed by atoms with E-state index in [1.54, 1.807) is 4.68 Å². The molecular formula is C18H22N4O3. The number of aromatic nitrogens is 2. The van der Waals surface area contributed by atoms with E-state index in [1.807, 2.05) is 35.4 Å². The molecule has 25 heavy (non-hydrogen) atoms. The van der Waals surface area contributed by atoms with Crippen molar-refractivity contribution in [3.8, 4) is 0 Å². The molecule has 1 aromatic heterocycles. The van der Waals surface area contributed by atoms with Gasteiger partial charge in [-0.3, -0.25) is 14.3 Å². The van der Waals surface area contributed by atoms with Crippen LogP contribution in [0.1, 0.15) is 19.3 Å². The van der Waals surface area contributed by atoms with Crippen molar-refractivity contribution in [1.82, 2.24) is 20.0 Å². The minimum absolute atomic E-state index is 0.0332. The molecule has 0 radical (unpaired) electrons. The Kier molecular flexibility index (Phi) is 4.40. The van der Waals surface area contributed by atoms with E-state index < -0.39 is 6.04 Å². The van der Waals surface area contributed by atoms with Gasteiger partial charge >= 0.3 is 0 Å². The molecule has 4 rings (SSSR count). The summed E-state index contributed by atoms with van der Waals surface area (Å²) in [6.45, 7) is 2.24. The van der Waals surface area contributed by atoms with Crippen molar-refractivity contribution >= 4 is 22.7 Å². The van der Waals surface area contributed by atoms with Gasteiger partial charge in [0.1, 0.15) is 12.6 Å². The van der Waals surface area contributed by atoms with E-state index in [-0.39, 0.29) is 24.4 Å². The monoisotopic (exact) mass is 342 g/mol. The average molecular weight is 342 g/mol. The van der Waals surface area contributed by atoms with Gasteiger partial charge in [-0.2, -0.15) is 5.10 Å². The number of ether oxygens (including phenoxy) is 1. The van der Waals surface area contributed by atoms with Crippen molar-refractivity contribution in [3.63, 3.8) is 0 Å². The van der Waals surface area contributed by atoms with E-state index in [0.29, 0.717) is 26.2 Å². The summed E-state index contributed by atoms with van der Waals surface area (Å²) in [5.74, 6) is -0.147. The molecule has 132 valence electrons. The average Bonchev–Trinajstić information content (AvgIpc) is 3.19. The maximum atomic E-state index is 12.6. The highest BCUT2D eigenvalue weighted by molar-refractivity contribution is 5.89. The fraction of sp³-hybridized carbons (Fsp3) is 0.500. The van der Waals surface area contributed by atoms with Crippen LogP contribution in [0.5, 0.6) is 0 Å². The summed E-state index contributed by atoms with van der Waals surface area (Å²) < 4.78 is 6.98. The van der Waals surface area contributed by atoms with E-state index in [0.717, 1.165) is 23.7 Å². The van der Waals surface area contributed by atoms with Crippen molar-refractivity contribution in [1.29, 1.82) is 0 Å². The molecule has 7 nitrogen and oxygen atoms in total. The van der Waals surface area contributed by atoms with Crippen LogP contribution in [-0.2, 0) is 20.9 Å². The van der Waals surface area contributed by atoms with Crippen molar-refractivity contribution < 1.29 is 14.3 Å². The van der Waals surface area contributed by atoms with E-state index in [2.05, 4.69) is 10.4 Å². The number of carbonyl (C=O) groups is 2. The smallest absolute Gasteiger partial charge is 0.245 e. The third-order valence-electron chi connectivity index (χ3n) is 4.97. The Morgan fingerprint density at radius 3 is 2.84 bits per heavy atom. The summed E-state index contributed by atoms with van der Waals surface area (Å²) in [7, 11) is 0. The maximum absolute atomic E-state index is 12.6. The zero-order valence-electron chi connectivity index (χ0n) is 14.1. The van der Waals surface area contributed by atoms with E-state index in [4.69, 9.17) is 4.74 Å². The second kappa shape index (κ2) is 6.84. The number of benzene rings is 1. The summed E-state index contributed by atoms with van der Waals surface area (Å²) >= 11 is 0. The first-order valence-corrected chi connectivity index (χ1v) is 8.80. The number of fused-ring (bicyclic) bond motifs is 1. The second-order valence-corrected chi connectivity index (χ2v) is 6.67. The summed E-state index contributed by atoms with van der Waals surface area (Å²) in [6, 6.07) is 7.57. The molecule has 3 heterocycles. The zero-order valence-corrected chi connectivity index (χ0v) is 14.1. The number of nitrogens with one attached hydrogen (secondary N) is 1. The number of hydrogen-bond donors (Lipinski definition) is 1. The molecule has 0 aliphatic carbocycles. The molecule has 7 heteroatoms. The molecule has 2 saturated heterocycles. The lowest BCUT2D eigenvalue weighted by atomic mass is 10.1. The zero-order chi connectivity index (χ0) is 17.2. The summed E-state index contributed by atoms with van der Waals surface area (Å²) in [4.78, 5) is 26.8. The number of amides is 2. The lowest BCUT2D eigenvalue weighted by Gasteiger charge is -2.31. The van der Waals surface area contributed by atoms with Gasteiger partial charge in [-0.1, -0.05) is 18.2 Å². The van der Waals surface area contributed by atoms with Crippen LogP contribution in [0, 0.1) is 0 Å². The number of nitrogens with zero attached hydrogens (tertiary/aromatic N) is 3. The largest absolute Gasteiger partial charge is 0.381 e. The summed E-state index contributed by atoms with van der Waals surface area (Å²) in [6.07, 6.45) is 4.28. The fourth-order valence-corrected chi connectivity index (χ4v) is 3.68. The van der Waals surface area contributed by atoms with Crippen LogP contribution in [0.4, 0.5) is 0 Å². The molecule has 2 aliphatic heterocycles. The Morgan fingerprint density at radius 1 is 1.24 bits per heavy atom. The summed E-state index contributed by atoms with van der Waals surface area (Å²) in [5.41, 5.74) is 0.859. The molecule has 0 saturated carbocycles. The van der Waals surface area contributed by atoms with Crippen LogP contribution in [0.25, 0.3) is 10.9 Å². The van der Waals surface area contributed by atoms with E-state index in [1.165, 1.54) is 0 Å². The molecule has 1 atom stereocenters. The second-order valence-electron chi connectivity index (χ2n) is 6.67. The highest BCUT2D eigenvalue weighted by atomic mass is 16.5. The van der Waals surface area contributed by atoms with Gasteiger partial charge in [0.15, 0.2) is 0 Å². The van der Waals surface area contributed by atoms with Gasteiger partial charge < -0.3 is 15.0 Å². The Labute approximate surface area is 145 Å². The molecule has 1 N–H and O–H groups in total. The van der Waals surface area contributed by atoms with Gasteiger partial charge in [0.05, 0.1) is 5.52 Å². The highest BCUT2D eigenvalue weighted by Gasteiger charge is 2.37. The summed E-state index contributed by atoms with van der Waals surface area (Å²) in [5, 5.41) is 8.25. The number of carbonyl (C=O) groups excluding carboxylic acids is 2. The number of likely N-dealkylation sites (tertiary alicyclic amines) is 1. The Hall–Kier alpha value is -2.41. The van der Waals surface area contributed by atoms with Crippen molar-refractivity contribution in [3.05, 3.63) is 30.5 Å². The Morgan fingerprint density at radius 2 is 2.04 bits per heavy atom. The minimum atomic E-state index is -0.416. The number of hydrogen-bond acceptors (Lipinski definition) is 4. The van der Waals surface area contributed by atoms with Gasteiger partial charge in [-0.15, -0.1) is 0 Å². The first-order chi connectivity index (χ1) is 12.2. The van der Waals surface area contributed by atoms with Crippen molar-refractivity contribution in [2.24, 2.45) is 0 Å². The van der Waals surface area contributed by atoms with Gasteiger partial charge in [0.2, 0.25) is 11.8 Å². The van der Waals surface area contributed by atoms with Crippen LogP contribution in [0.3, 0.4) is 0 Å². The molecule has 0 spiro atoms. The van der Waals surface area contributed by atoms with Gasteiger partial charge in [-0.25, -0.2) is 0 Å². The first-order valence-electron chi connectivity index (χ1n) is 8.80. The number of rotatable bonds is 4. The Balaban J connectivity index is 1.35. The van der Waals surface area contributed by atoms with Crippen LogP contribution >= 0.6 is 0 Å². The SMILES string of the molecule is O=C(Cn1cc2ccccc2n1)NC1CCN(C2CCOCC2)C1=O. The van der Waals surface area contributed by atoms with Crippen LogP contribution in [0.2, 0.25) is 0 Å². The van der Waals surface area contributed by atoms with Crippen LogP contribution in [0.15, 0.2) is 30.5 Å². The standard InChI is InChI=1S/C18H22N4O3/c23-17(12-21-11-13-3-1-2-4-15(13)20-21)19-16-5-8-22(18(16)24)14-6-9-25-10-7-14/h1-4,11,14,16H,5-10,12H2,(H,19,23). The third-order valence-corrected chi connectivity index (χ3v) is 4.97. The molecular weight excluding hydrogens is 320 g/mol. The lowest BCUT2D eigenvalue weighted by molar-refractivity contribution is -0.135.